The maximum atomic E-state index is 12.2. The number of hydrogen-bond acceptors (Lipinski definition) is 3. The van der Waals surface area contributed by atoms with E-state index in [0.29, 0.717) is 13.0 Å². The van der Waals surface area contributed by atoms with E-state index < -0.39 is 5.91 Å². The lowest BCUT2D eigenvalue weighted by Gasteiger charge is -2.11. The monoisotopic (exact) mass is 406 g/mol. The van der Waals surface area contributed by atoms with Gasteiger partial charge in [0.15, 0.2) is 0 Å². The molecule has 0 aliphatic heterocycles. The van der Waals surface area contributed by atoms with Crippen molar-refractivity contribution in [2.45, 2.75) is 13.3 Å². The van der Waals surface area contributed by atoms with Crippen molar-refractivity contribution in [2.24, 2.45) is 0 Å². The number of aromatic nitrogens is 1. The van der Waals surface area contributed by atoms with Crippen molar-refractivity contribution in [1.29, 1.82) is 0 Å². The van der Waals surface area contributed by atoms with Crippen molar-refractivity contribution >= 4 is 52.3 Å². The van der Waals surface area contributed by atoms with Gasteiger partial charge < -0.3 is 10.1 Å². The topological polar surface area (TPSA) is 51.2 Å². The van der Waals surface area contributed by atoms with Crippen molar-refractivity contribution in [3.63, 3.8) is 0 Å². The van der Waals surface area contributed by atoms with Crippen LogP contribution < -0.4 is 10.1 Å². The zero-order valence-corrected chi connectivity index (χ0v) is 15.9. The van der Waals surface area contributed by atoms with Crippen molar-refractivity contribution in [1.82, 2.24) is 10.3 Å². The van der Waals surface area contributed by atoms with E-state index in [-0.39, 0.29) is 25.9 Å². The first-order chi connectivity index (χ1) is 11.3. The SMILES string of the molecule is COc1ccc(C)cc1CCNC(=O)c1nc(Cl)c(Cl)c(Cl)c1Cl. The van der Waals surface area contributed by atoms with Gasteiger partial charge in [0.1, 0.15) is 16.6 Å². The molecule has 0 fully saturated rings. The first-order valence-electron chi connectivity index (χ1n) is 6.96. The summed E-state index contributed by atoms with van der Waals surface area (Å²) in [5.74, 6) is 0.288. The van der Waals surface area contributed by atoms with E-state index in [1.165, 1.54) is 0 Å². The summed E-state index contributed by atoms with van der Waals surface area (Å²) in [6.07, 6.45) is 0.587. The first-order valence-corrected chi connectivity index (χ1v) is 8.48. The highest BCUT2D eigenvalue weighted by Gasteiger charge is 2.20. The Morgan fingerprint density at radius 1 is 1.17 bits per heavy atom. The molecule has 8 heteroatoms. The number of ether oxygens (including phenoxy) is 1. The highest BCUT2D eigenvalue weighted by molar-refractivity contribution is 6.52. The number of aryl methyl sites for hydroxylation is 1. The Labute approximate surface area is 160 Å². The van der Waals surface area contributed by atoms with Gasteiger partial charge in [-0.05, 0) is 25.0 Å². The maximum Gasteiger partial charge on any atom is 0.271 e. The lowest BCUT2D eigenvalue weighted by molar-refractivity contribution is 0.0949. The van der Waals surface area contributed by atoms with Crippen LogP contribution >= 0.6 is 46.4 Å². The summed E-state index contributed by atoms with van der Waals surface area (Å²) in [7, 11) is 1.61. The Morgan fingerprint density at radius 2 is 1.88 bits per heavy atom. The predicted molar refractivity (Wildman–Crippen MR) is 98.0 cm³/mol. The van der Waals surface area contributed by atoms with Crippen LogP contribution in [-0.2, 0) is 6.42 Å². The van der Waals surface area contributed by atoms with E-state index in [0.717, 1.165) is 16.9 Å². The molecule has 128 valence electrons. The number of methoxy groups -OCH3 is 1. The number of amides is 1. The number of carbonyl (C=O) groups excluding carboxylic acids is 1. The van der Waals surface area contributed by atoms with Gasteiger partial charge in [-0.3, -0.25) is 4.79 Å². The summed E-state index contributed by atoms with van der Waals surface area (Å²) in [6.45, 7) is 2.36. The molecular weight excluding hydrogens is 394 g/mol. The van der Waals surface area contributed by atoms with Crippen LogP contribution in [0.2, 0.25) is 20.2 Å². The van der Waals surface area contributed by atoms with E-state index in [2.05, 4.69) is 10.3 Å². The Kier molecular flexibility index (Phi) is 6.58. The molecule has 0 aliphatic rings. The van der Waals surface area contributed by atoms with Gasteiger partial charge in [0, 0.05) is 6.54 Å². The van der Waals surface area contributed by atoms with Crippen molar-refractivity contribution in [3.8, 4) is 5.75 Å². The molecule has 24 heavy (non-hydrogen) atoms. The average molecular weight is 408 g/mol. The van der Waals surface area contributed by atoms with Gasteiger partial charge in [0.05, 0.1) is 22.2 Å². The highest BCUT2D eigenvalue weighted by Crippen LogP contribution is 2.36. The first kappa shape index (κ1) is 19.1. The molecule has 1 aromatic carbocycles. The molecule has 0 saturated heterocycles. The number of carbonyl (C=O) groups is 1. The molecule has 1 heterocycles. The summed E-state index contributed by atoms with van der Waals surface area (Å²) in [4.78, 5) is 16.1. The zero-order chi connectivity index (χ0) is 17.9. The molecule has 1 amide bonds. The molecule has 1 aromatic heterocycles. The summed E-state index contributed by atoms with van der Waals surface area (Å²) in [6, 6.07) is 5.86. The standard InChI is InChI=1S/C16H14Cl4N2O2/c1-8-3-4-10(24-2)9(7-8)5-6-21-16(23)14-12(18)11(17)13(19)15(20)22-14/h3-4,7H,5-6H2,1-2H3,(H,21,23). The summed E-state index contributed by atoms with van der Waals surface area (Å²) in [5, 5.41) is 2.65. The van der Waals surface area contributed by atoms with Gasteiger partial charge in [-0.25, -0.2) is 4.98 Å². The Hall–Kier alpha value is -1.20. The predicted octanol–water partition coefficient (Wildman–Crippen LogP) is 4.98. The fraction of sp³-hybridized carbons (Fsp3) is 0.250. The van der Waals surface area contributed by atoms with Gasteiger partial charge in [0.2, 0.25) is 0 Å². The minimum absolute atomic E-state index is 0.00355. The molecular formula is C16H14Cl4N2O2. The fourth-order valence-electron chi connectivity index (χ4n) is 2.13. The third kappa shape index (κ3) is 4.25. The quantitative estimate of drug-likeness (QED) is 0.710. The lowest BCUT2D eigenvalue weighted by atomic mass is 10.1. The third-order valence-corrected chi connectivity index (χ3v) is 4.99. The molecule has 1 N–H and O–H groups in total. The van der Waals surface area contributed by atoms with Crippen LogP contribution in [0, 0.1) is 6.92 Å². The lowest BCUT2D eigenvalue weighted by Crippen LogP contribution is -2.27. The van der Waals surface area contributed by atoms with Gasteiger partial charge in [-0.15, -0.1) is 0 Å². The maximum absolute atomic E-state index is 12.2. The third-order valence-electron chi connectivity index (χ3n) is 3.32. The second kappa shape index (κ2) is 8.26. The van der Waals surface area contributed by atoms with Crippen LogP contribution in [0.5, 0.6) is 5.75 Å². The number of nitrogens with zero attached hydrogens (tertiary/aromatic N) is 1. The van der Waals surface area contributed by atoms with Crippen molar-refractivity contribution in [2.75, 3.05) is 13.7 Å². The van der Waals surface area contributed by atoms with E-state index >= 15 is 0 Å². The van der Waals surface area contributed by atoms with Crippen molar-refractivity contribution < 1.29 is 9.53 Å². The Balaban J connectivity index is 2.08. The Bertz CT molecular complexity index is 781. The summed E-state index contributed by atoms with van der Waals surface area (Å²) in [5.41, 5.74) is 2.04. The number of rotatable bonds is 5. The average Bonchev–Trinajstić information content (AvgIpc) is 2.56. The molecule has 0 unspecified atom stereocenters. The van der Waals surface area contributed by atoms with Crippen LogP contribution in [-0.4, -0.2) is 24.5 Å². The minimum atomic E-state index is -0.480. The number of benzene rings is 1. The second-order valence-corrected chi connectivity index (χ2v) is 6.51. The smallest absolute Gasteiger partial charge is 0.271 e. The minimum Gasteiger partial charge on any atom is -0.496 e. The molecule has 0 spiro atoms. The molecule has 0 atom stereocenters. The number of nitrogens with one attached hydrogen (secondary N) is 1. The second-order valence-electron chi connectivity index (χ2n) is 5.01. The summed E-state index contributed by atoms with van der Waals surface area (Å²) >= 11 is 23.6. The molecule has 2 rings (SSSR count). The van der Waals surface area contributed by atoms with Crippen LogP contribution in [0.3, 0.4) is 0 Å². The molecule has 0 saturated carbocycles. The summed E-state index contributed by atoms with van der Waals surface area (Å²) < 4.78 is 5.31. The van der Waals surface area contributed by atoms with E-state index in [1.54, 1.807) is 7.11 Å². The van der Waals surface area contributed by atoms with Crippen LogP contribution in [0.1, 0.15) is 21.6 Å². The Morgan fingerprint density at radius 3 is 2.54 bits per heavy atom. The highest BCUT2D eigenvalue weighted by atomic mass is 35.5. The molecule has 0 aliphatic carbocycles. The van der Waals surface area contributed by atoms with Crippen LogP contribution in [0.4, 0.5) is 0 Å². The van der Waals surface area contributed by atoms with Gasteiger partial charge in [-0.1, -0.05) is 64.1 Å². The van der Waals surface area contributed by atoms with Gasteiger partial charge in [0.25, 0.3) is 5.91 Å². The van der Waals surface area contributed by atoms with E-state index in [4.69, 9.17) is 51.1 Å². The molecule has 0 radical (unpaired) electrons. The molecule has 0 bridgehead atoms. The van der Waals surface area contributed by atoms with E-state index in [9.17, 15) is 4.79 Å². The number of halogens is 4. The molecule has 4 nitrogen and oxygen atoms in total. The molecule has 2 aromatic rings. The number of hydrogen-bond donors (Lipinski definition) is 1. The largest absolute Gasteiger partial charge is 0.496 e. The van der Waals surface area contributed by atoms with Gasteiger partial charge in [-0.2, -0.15) is 0 Å². The van der Waals surface area contributed by atoms with E-state index in [1.807, 2.05) is 25.1 Å². The van der Waals surface area contributed by atoms with Crippen LogP contribution in [0.15, 0.2) is 18.2 Å². The number of pyridine rings is 1. The van der Waals surface area contributed by atoms with Crippen LogP contribution in [0.25, 0.3) is 0 Å². The van der Waals surface area contributed by atoms with Crippen molar-refractivity contribution in [3.05, 3.63) is 55.2 Å². The van der Waals surface area contributed by atoms with Gasteiger partial charge >= 0.3 is 0 Å². The normalized spacial score (nSPS) is 10.6. The fourth-order valence-corrected chi connectivity index (χ4v) is 2.95. The zero-order valence-electron chi connectivity index (χ0n) is 12.9.